The molecule has 6 nitrogen and oxygen atoms in total. The van der Waals surface area contributed by atoms with Crippen LogP contribution in [0, 0.1) is 0 Å². The van der Waals surface area contributed by atoms with Gasteiger partial charge in [-0.2, -0.15) is 0 Å². The van der Waals surface area contributed by atoms with Gasteiger partial charge >= 0.3 is 0 Å². The number of thioether (sulfide) groups is 1. The fraction of sp³-hybridized carbons (Fsp3) is 0.833. The SMILES string of the molecule is CN(C(=S)SC(=S)N(C)[C@H]1CCS(=O)(=O)C1)[C@H]1CCS(=O)(=O)C1. The van der Waals surface area contributed by atoms with Gasteiger partial charge in [0.2, 0.25) is 0 Å². The molecule has 2 fully saturated rings. The highest BCUT2D eigenvalue weighted by Crippen LogP contribution is 2.24. The van der Waals surface area contributed by atoms with Crippen molar-refractivity contribution in [2.24, 2.45) is 0 Å². The summed E-state index contributed by atoms with van der Waals surface area (Å²) >= 11 is 11.9. The van der Waals surface area contributed by atoms with Crippen LogP contribution in [-0.4, -0.2) is 84.5 Å². The maximum absolute atomic E-state index is 11.6. The second-order valence-electron chi connectivity index (χ2n) is 5.97. The predicted octanol–water partition coefficient (Wildman–Crippen LogP) is 0.527. The first-order chi connectivity index (χ1) is 10.5. The van der Waals surface area contributed by atoms with E-state index in [-0.39, 0.29) is 35.1 Å². The third-order valence-corrected chi connectivity index (χ3v) is 9.76. The van der Waals surface area contributed by atoms with Gasteiger partial charge in [-0.1, -0.05) is 24.4 Å². The highest BCUT2D eigenvalue weighted by atomic mass is 32.2. The van der Waals surface area contributed by atoms with E-state index >= 15 is 0 Å². The number of thiocarbonyl (C=S) groups is 2. The fourth-order valence-electron chi connectivity index (χ4n) is 2.68. The van der Waals surface area contributed by atoms with Crippen molar-refractivity contribution in [2.45, 2.75) is 24.9 Å². The highest BCUT2D eigenvalue weighted by molar-refractivity contribution is 8.37. The van der Waals surface area contributed by atoms with Crippen LogP contribution >= 0.6 is 36.2 Å². The predicted molar refractivity (Wildman–Crippen MR) is 102 cm³/mol. The average molecular weight is 417 g/mol. The molecule has 2 heterocycles. The van der Waals surface area contributed by atoms with Gasteiger partial charge in [0.1, 0.15) is 8.64 Å². The Labute approximate surface area is 152 Å². The Morgan fingerprint density at radius 1 is 0.870 bits per heavy atom. The van der Waals surface area contributed by atoms with Crippen molar-refractivity contribution >= 4 is 64.5 Å². The average Bonchev–Trinajstić information content (AvgIpc) is 2.99. The third kappa shape index (κ3) is 5.00. The number of sulfone groups is 2. The zero-order valence-corrected chi connectivity index (χ0v) is 17.0. The molecule has 0 saturated carbocycles. The Kier molecular flexibility index (Phi) is 5.98. The fourth-order valence-corrected chi connectivity index (χ4v) is 7.89. The molecule has 0 aromatic heterocycles. The zero-order valence-electron chi connectivity index (χ0n) is 13.0. The van der Waals surface area contributed by atoms with Gasteiger partial charge in [0.15, 0.2) is 19.7 Å². The van der Waals surface area contributed by atoms with Crippen LogP contribution in [-0.2, 0) is 19.7 Å². The molecule has 2 aliphatic heterocycles. The first-order valence-corrected chi connectivity index (χ1v) is 12.4. The summed E-state index contributed by atoms with van der Waals surface area (Å²) in [6.07, 6.45) is 1.14. The molecular formula is C12H20N2O4S5. The van der Waals surface area contributed by atoms with E-state index in [9.17, 15) is 16.8 Å². The maximum atomic E-state index is 11.6. The molecular weight excluding hydrogens is 396 g/mol. The summed E-state index contributed by atoms with van der Waals surface area (Å²) in [5.41, 5.74) is 0. The largest absolute Gasteiger partial charge is 0.356 e. The number of rotatable bonds is 2. The summed E-state index contributed by atoms with van der Waals surface area (Å²) < 4.78 is 47.3. The summed E-state index contributed by atoms with van der Waals surface area (Å²) in [6.45, 7) is 0. The molecule has 0 bridgehead atoms. The van der Waals surface area contributed by atoms with Crippen LogP contribution in [0.5, 0.6) is 0 Å². The minimum atomic E-state index is -2.97. The first kappa shape index (κ1) is 19.4. The molecule has 132 valence electrons. The second-order valence-corrected chi connectivity index (χ2v) is 12.7. The lowest BCUT2D eigenvalue weighted by molar-refractivity contribution is 0.406. The number of hydrogen-bond acceptors (Lipinski definition) is 7. The summed E-state index contributed by atoms with van der Waals surface area (Å²) in [4.78, 5) is 3.58. The molecule has 2 rings (SSSR count). The Morgan fingerprint density at radius 2 is 1.22 bits per heavy atom. The minimum Gasteiger partial charge on any atom is -0.356 e. The molecule has 0 aliphatic carbocycles. The summed E-state index contributed by atoms with van der Waals surface area (Å²) in [5, 5.41) is 0. The normalized spacial score (nSPS) is 28.4. The van der Waals surface area contributed by atoms with Crippen LogP contribution in [0.3, 0.4) is 0 Å². The topological polar surface area (TPSA) is 74.8 Å². The molecule has 2 aliphatic rings. The van der Waals surface area contributed by atoms with Crippen molar-refractivity contribution in [1.82, 2.24) is 9.80 Å². The van der Waals surface area contributed by atoms with E-state index in [1.165, 1.54) is 11.8 Å². The molecule has 23 heavy (non-hydrogen) atoms. The van der Waals surface area contributed by atoms with Gasteiger partial charge in [0.05, 0.1) is 23.0 Å². The van der Waals surface area contributed by atoms with Crippen molar-refractivity contribution < 1.29 is 16.8 Å². The first-order valence-electron chi connectivity index (χ1n) is 7.13. The van der Waals surface area contributed by atoms with E-state index < -0.39 is 19.7 Å². The molecule has 11 heteroatoms. The van der Waals surface area contributed by atoms with Gasteiger partial charge in [-0.05, 0) is 24.6 Å². The van der Waals surface area contributed by atoms with Crippen molar-refractivity contribution in [2.75, 3.05) is 37.1 Å². The van der Waals surface area contributed by atoms with Crippen LogP contribution in [0.2, 0.25) is 0 Å². The quantitative estimate of drug-likeness (QED) is 0.599. The second kappa shape index (κ2) is 7.11. The van der Waals surface area contributed by atoms with Gasteiger partial charge in [0.25, 0.3) is 0 Å². The lowest BCUT2D eigenvalue weighted by Gasteiger charge is -2.29. The van der Waals surface area contributed by atoms with Gasteiger partial charge in [0, 0.05) is 26.2 Å². The van der Waals surface area contributed by atoms with E-state index in [1.54, 1.807) is 23.9 Å². The molecule has 0 radical (unpaired) electrons. The lowest BCUT2D eigenvalue weighted by Crippen LogP contribution is -2.39. The van der Waals surface area contributed by atoms with Crippen molar-refractivity contribution in [3.63, 3.8) is 0 Å². The summed E-state index contributed by atoms with van der Waals surface area (Å²) in [7, 11) is -2.37. The van der Waals surface area contributed by atoms with Crippen molar-refractivity contribution in [3.05, 3.63) is 0 Å². The molecule has 0 amide bonds. The van der Waals surface area contributed by atoms with E-state index in [0.29, 0.717) is 21.5 Å². The molecule has 2 saturated heterocycles. The molecule has 0 spiro atoms. The summed E-state index contributed by atoms with van der Waals surface area (Å²) in [5.74, 6) is 0.625. The van der Waals surface area contributed by atoms with Crippen LogP contribution in [0.15, 0.2) is 0 Å². The summed E-state index contributed by atoms with van der Waals surface area (Å²) in [6, 6.07) is -0.222. The van der Waals surface area contributed by atoms with Crippen LogP contribution < -0.4 is 0 Å². The Balaban J connectivity index is 1.91. The molecule has 0 N–H and O–H groups in total. The molecule has 0 aromatic rings. The molecule has 0 aromatic carbocycles. The zero-order chi connectivity index (χ0) is 17.4. The van der Waals surface area contributed by atoms with Gasteiger partial charge in [-0.3, -0.25) is 0 Å². The molecule has 2 atom stereocenters. The Hall–Kier alpha value is 0.0300. The van der Waals surface area contributed by atoms with E-state index in [2.05, 4.69) is 0 Å². The van der Waals surface area contributed by atoms with E-state index in [1.807, 2.05) is 0 Å². The lowest BCUT2D eigenvalue weighted by atomic mass is 10.2. The van der Waals surface area contributed by atoms with Crippen molar-refractivity contribution in [1.29, 1.82) is 0 Å². The van der Waals surface area contributed by atoms with Crippen LogP contribution in [0.4, 0.5) is 0 Å². The van der Waals surface area contributed by atoms with Gasteiger partial charge in [-0.15, -0.1) is 0 Å². The Morgan fingerprint density at radius 3 is 1.48 bits per heavy atom. The maximum Gasteiger partial charge on any atom is 0.152 e. The standard InChI is InChI=1S/C12H20N2O4S5/c1-13(9-3-5-22(15,16)7-9)11(19)21-12(20)14(2)10-4-6-23(17,18)8-10/h9-10H,3-8H2,1-2H3/t9-,10-/m0/s1. The minimum absolute atomic E-state index is 0.111. The van der Waals surface area contributed by atoms with E-state index in [4.69, 9.17) is 24.4 Å². The number of nitrogens with zero attached hydrogens (tertiary/aromatic N) is 2. The Bertz CT molecular complexity index is 643. The smallest absolute Gasteiger partial charge is 0.152 e. The third-order valence-electron chi connectivity index (χ3n) is 4.26. The number of hydrogen-bond donors (Lipinski definition) is 0. The van der Waals surface area contributed by atoms with Crippen LogP contribution in [0.25, 0.3) is 0 Å². The van der Waals surface area contributed by atoms with Gasteiger partial charge < -0.3 is 9.80 Å². The monoisotopic (exact) mass is 416 g/mol. The molecule has 0 unspecified atom stereocenters. The van der Waals surface area contributed by atoms with E-state index in [0.717, 1.165) is 0 Å². The highest BCUT2D eigenvalue weighted by Gasteiger charge is 2.34. The van der Waals surface area contributed by atoms with Crippen LogP contribution in [0.1, 0.15) is 12.8 Å². The van der Waals surface area contributed by atoms with Gasteiger partial charge in [-0.25, -0.2) is 16.8 Å². The van der Waals surface area contributed by atoms with Crippen molar-refractivity contribution in [3.8, 4) is 0 Å².